The minimum absolute atomic E-state index is 0.0611. The van der Waals surface area contributed by atoms with Crippen LogP contribution in [0.2, 0.25) is 5.02 Å². The topological polar surface area (TPSA) is 37.3 Å². The van der Waals surface area contributed by atoms with Gasteiger partial charge in [0.15, 0.2) is 6.29 Å². The Morgan fingerprint density at radius 3 is 1.93 bits per heavy atom. The van der Waals surface area contributed by atoms with Crippen LogP contribution in [0.1, 0.15) is 41.3 Å². The van der Waals surface area contributed by atoms with Crippen LogP contribution in [0.5, 0.6) is 0 Å². The van der Waals surface area contributed by atoms with E-state index in [1.807, 2.05) is 0 Å². The maximum absolute atomic E-state index is 14.6. The van der Waals surface area contributed by atoms with Crippen LogP contribution in [0.25, 0.3) is 11.1 Å². The highest BCUT2D eigenvalue weighted by molar-refractivity contribution is 6.33. The molecule has 2 aromatic rings. The lowest BCUT2D eigenvalue weighted by molar-refractivity contribution is -0.376. The molecule has 2 aromatic carbocycles. The predicted octanol–water partition coefficient (Wildman–Crippen LogP) is 6.53. The van der Waals surface area contributed by atoms with Crippen molar-refractivity contribution in [3.8, 4) is 11.1 Å². The minimum atomic E-state index is -6.14. The fraction of sp³-hybridized carbons (Fsp3) is 0.316. The van der Waals surface area contributed by atoms with E-state index in [4.69, 9.17) is 11.6 Å². The molecule has 0 amide bonds. The summed E-state index contributed by atoms with van der Waals surface area (Å²) in [7, 11) is 0. The second-order valence-electron chi connectivity index (χ2n) is 6.72. The molecule has 0 saturated carbocycles. The van der Waals surface area contributed by atoms with Gasteiger partial charge in [0.2, 0.25) is 0 Å². The largest absolute Gasteiger partial charge is 0.430 e. The number of carbonyl (C=O) groups is 1. The van der Waals surface area contributed by atoms with Gasteiger partial charge in [-0.2, -0.15) is 26.3 Å². The summed E-state index contributed by atoms with van der Waals surface area (Å²) in [5.74, 6) is -2.98. The van der Waals surface area contributed by atoms with E-state index in [9.17, 15) is 45.0 Å². The molecule has 0 radical (unpaired) electrons. The molecule has 1 N–H and O–H groups in total. The van der Waals surface area contributed by atoms with E-state index >= 15 is 0 Å². The smallest absolute Gasteiger partial charge is 0.369 e. The average Bonchev–Trinajstić information content (AvgIpc) is 2.60. The van der Waals surface area contributed by atoms with Crippen LogP contribution in [-0.2, 0) is 5.60 Å². The average molecular weight is 461 g/mol. The molecule has 30 heavy (non-hydrogen) atoms. The summed E-state index contributed by atoms with van der Waals surface area (Å²) in [5, 5.41) is 8.68. The van der Waals surface area contributed by atoms with Crippen molar-refractivity contribution in [1.29, 1.82) is 0 Å². The summed E-state index contributed by atoms with van der Waals surface area (Å²) in [6, 6.07) is 1.62. The van der Waals surface area contributed by atoms with Crippen molar-refractivity contribution in [2.75, 3.05) is 0 Å². The molecule has 0 aromatic heterocycles. The lowest BCUT2D eigenvalue weighted by Gasteiger charge is -2.33. The first-order chi connectivity index (χ1) is 13.6. The van der Waals surface area contributed by atoms with Gasteiger partial charge in [0.05, 0.1) is 5.56 Å². The van der Waals surface area contributed by atoms with E-state index in [1.54, 1.807) is 0 Å². The number of alkyl halides is 6. The third-order valence-corrected chi connectivity index (χ3v) is 4.77. The third-order valence-electron chi connectivity index (χ3n) is 4.46. The highest BCUT2D eigenvalue weighted by atomic mass is 35.5. The number of benzene rings is 2. The Morgan fingerprint density at radius 1 is 1.00 bits per heavy atom. The molecular weight excluding hydrogens is 448 g/mol. The van der Waals surface area contributed by atoms with Gasteiger partial charge < -0.3 is 5.11 Å². The zero-order chi connectivity index (χ0) is 23.2. The molecule has 0 fully saturated rings. The minimum Gasteiger partial charge on any atom is -0.369 e. The Balaban J connectivity index is 2.81. The SMILES string of the molecule is CC(C)c1c(F)c(C=O)cc(F)c1-c1ccc(C(O)(C(F)(F)F)C(F)(F)F)cc1Cl. The Labute approximate surface area is 170 Å². The first kappa shape index (κ1) is 24.1. The van der Waals surface area contributed by atoms with Crippen LogP contribution < -0.4 is 0 Å². The lowest BCUT2D eigenvalue weighted by Crippen LogP contribution is -2.53. The summed E-state index contributed by atoms with van der Waals surface area (Å²) >= 11 is 5.84. The van der Waals surface area contributed by atoms with Crippen molar-refractivity contribution in [1.82, 2.24) is 0 Å². The van der Waals surface area contributed by atoms with Gasteiger partial charge in [-0.1, -0.05) is 37.6 Å². The zero-order valence-electron chi connectivity index (χ0n) is 15.2. The van der Waals surface area contributed by atoms with Gasteiger partial charge in [0, 0.05) is 27.3 Å². The molecule has 0 heterocycles. The maximum atomic E-state index is 14.6. The first-order valence-electron chi connectivity index (χ1n) is 8.21. The number of rotatable bonds is 4. The second kappa shape index (κ2) is 7.81. The summed E-state index contributed by atoms with van der Waals surface area (Å²) in [6.07, 6.45) is -12.2. The van der Waals surface area contributed by atoms with Gasteiger partial charge in [0.1, 0.15) is 11.6 Å². The number of hydrogen-bond donors (Lipinski definition) is 1. The molecule has 0 aliphatic rings. The fourth-order valence-corrected chi connectivity index (χ4v) is 3.27. The summed E-state index contributed by atoms with van der Waals surface area (Å²) in [5.41, 5.74) is -8.76. The van der Waals surface area contributed by atoms with Crippen molar-refractivity contribution >= 4 is 17.9 Å². The Kier molecular flexibility index (Phi) is 6.27. The number of aliphatic hydroxyl groups is 1. The molecule has 0 unspecified atom stereocenters. The highest BCUT2D eigenvalue weighted by Gasteiger charge is 2.71. The highest BCUT2D eigenvalue weighted by Crippen LogP contribution is 2.51. The number of hydrogen-bond acceptors (Lipinski definition) is 2. The lowest BCUT2D eigenvalue weighted by atomic mass is 9.87. The molecule has 0 aliphatic carbocycles. The van der Waals surface area contributed by atoms with Crippen LogP contribution in [0, 0.1) is 11.6 Å². The second-order valence-corrected chi connectivity index (χ2v) is 7.13. The molecule has 0 atom stereocenters. The number of halogens is 9. The van der Waals surface area contributed by atoms with Gasteiger partial charge >= 0.3 is 12.4 Å². The van der Waals surface area contributed by atoms with E-state index < -0.39 is 62.8 Å². The summed E-state index contributed by atoms with van der Waals surface area (Å²) in [6.45, 7) is 2.87. The Bertz CT molecular complexity index is 966. The summed E-state index contributed by atoms with van der Waals surface area (Å²) < 4.78 is 108. The molecule has 0 bridgehead atoms. The summed E-state index contributed by atoms with van der Waals surface area (Å²) in [4.78, 5) is 10.9. The van der Waals surface area contributed by atoms with E-state index in [0.717, 1.165) is 0 Å². The maximum Gasteiger partial charge on any atom is 0.430 e. The van der Waals surface area contributed by atoms with Gasteiger partial charge in [-0.25, -0.2) is 8.78 Å². The van der Waals surface area contributed by atoms with Crippen LogP contribution in [0.3, 0.4) is 0 Å². The molecular formula is C19H13ClF8O2. The van der Waals surface area contributed by atoms with E-state index in [2.05, 4.69) is 0 Å². The fourth-order valence-electron chi connectivity index (χ4n) is 3.00. The van der Waals surface area contributed by atoms with Crippen LogP contribution in [0.4, 0.5) is 35.1 Å². The quantitative estimate of drug-likeness (QED) is 0.416. The van der Waals surface area contributed by atoms with Crippen LogP contribution in [0.15, 0.2) is 24.3 Å². The van der Waals surface area contributed by atoms with Crippen molar-refractivity contribution in [3.63, 3.8) is 0 Å². The number of aldehydes is 1. The van der Waals surface area contributed by atoms with Gasteiger partial charge in [0.25, 0.3) is 5.60 Å². The number of carbonyl (C=O) groups excluding carboxylic acids is 1. The van der Waals surface area contributed by atoms with Crippen LogP contribution >= 0.6 is 11.6 Å². The Hall–Kier alpha value is -2.20. The van der Waals surface area contributed by atoms with Gasteiger partial charge in [-0.3, -0.25) is 4.79 Å². The Morgan fingerprint density at radius 2 is 1.53 bits per heavy atom. The molecule has 164 valence electrons. The van der Waals surface area contributed by atoms with Crippen molar-refractivity contribution in [2.45, 2.75) is 37.7 Å². The molecule has 0 saturated heterocycles. The first-order valence-corrected chi connectivity index (χ1v) is 8.59. The normalized spacial score (nSPS) is 13.1. The van der Waals surface area contributed by atoms with Crippen molar-refractivity contribution in [3.05, 3.63) is 57.6 Å². The predicted molar refractivity (Wildman–Crippen MR) is 92.3 cm³/mol. The van der Waals surface area contributed by atoms with E-state index in [1.165, 1.54) is 13.8 Å². The molecule has 11 heteroatoms. The van der Waals surface area contributed by atoms with E-state index in [0.29, 0.717) is 12.1 Å². The zero-order valence-corrected chi connectivity index (χ0v) is 16.0. The third kappa shape index (κ3) is 3.78. The molecule has 2 nitrogen and oxygen atoms in total. The van der Waals surface area contributed by atoms with Crippen molar-refractivity contribution < 1.29 is 45.0 Å². The molecule has 0 spiro atoms. The molecule has 2 rings (SSSR count). The van der Waals surface area contributed by atoms with Crippen molar-refractivity contribution in [2.24, 2.45) is 0 Å². The van der Waals surface area contributed by atoms with Gasteiger partial charge in [-0.05, 0) is 18.1 Å². The standard InChI is InChI=1S/C19H13ClF8O2/c1-8(2)14-15(13(21)5-9(7-29)16(14)22)11-4-3-10(6-12(11)20)17(30,18(23,24)25)19(26,27)28/h3-8,30H,1-2H3. The molecule has 0 aliphatic heterocycles. The van der Waals surface area contributed by atoms with E-state index in [-0.39, 0.29) is 24.0 Å². The monoisotopic (exact) mass is 460 g/mol. The van der Waals surface area contributed by atoms with Crippen LogP contribution in [-0.4, -0.2) is 23.7 Å². The van der Waals surface area contributed by atoms with Gasteiger partial charge in [-0.15, -0.1) is 0 Å².